The minimum absolute atomic E-state index is 0.0210. The van der Waals surface area contributed by atoms with Crippen molar-refractivity contribution in [3.05, 3.63) is 83.0 Å². The third kappa shape index (κ3) is 6.01. The lowest BCUT2D eigenvalue weighted by Gasteiger charge is -2.23. The van der Waals surface area contributed by atoms with E-state index in [-0.39, 0.29) is 21.4 Å². The van der Waals surface area contributed by atoms with Gasteiger partial charge >= 0.3 is 11.9 Å². The summed E-state index contributed by atoms with van der Waals surface area (Å²) in [4.78, 5) is 42.0. The summed E-state index contributed by atoms with van der Waals surface area (Å²) in [6.45, 7) is 3.90. The van der Waals surface area contributed by atoms with Gasteiger partial charge in [-0.1, -0.05) is 40.6 Å². The van der Waals surface area contributed by atoms with Crippen molar-refractivity contribution in [2.75, 3.05) is 26.9 Å². The van der Waals surface area contributed by atoms with E-state index < -0.39 is 30.1 Å². The highest BCUT2D eigenvalue weighted by Gasteiger charge is 2.31. The van der Waals surface area contributed by atoms with Crippen molar-refractivity contribution in [2.45, 2.75) is 19.9 Å². The zero-order valence-corrected chi connectivity index (χ0v) is 23.9. The Morgan fingerprint density at radius 2 is 1.75 bits per heavy atom. The predicted molar refractivity (Wildman–Crippen MR) is 150 cm³/mol. The van der Waals surface area contributed by atoms with Crippen LogP contribution in [0.1, 0.15) is 31.0 Å². The summed E-state index contributed by atoms with van der Waals surface area (Å²) in [6, 6.07) is 7.37. The van der Waals surface area contributed by atoms with Gasteiger partial charge in [0.2, 0.25) is 0 Å². The van der Waals surface area contributed by atoms with Gasteiger partial charge in [0.1, 0.15) is 0 Å². The van der Waals surface area contributed by atoms with E-state index in [0.717, 1.165) is 11.3 Å². The van der Waals surface area contributed by atoms with Crippen LogP contribution in [-0.4, -0.2) is 48.5 Å². The molecule has 0 bridgehead atoms. The first-order chi connectivity index (χ1) is 19.2. The van der Waals surface area contributed by atoms with Gasteiger partial charge in [-0.05, 0) is 55.3 Å². The fourth-order valence-corrected chi connectivity index (χ4v) is 5.66. The first kappa shape index (κ1) is 29.2. The summed E-state index contributed by atoms with van der Waals surface area (Å²) in [5, 5.41) is 9.02. The predicted octanol–water partition coefficient (Wildman–Crippen LogP) is 3.59. The van der Waals surface area contributed by atoms with E-state index in [0.29, 0.717) is 45.2 Å². The van der Waals surface area contributed by atoms with Gasteiger partial charge in [0.05, 0.1) is 46.5 Å². The topological polar surface area (TPSA) is 126 Å². The molecule has 0 amide bonds. The van der Waals surface area contributed by atoms with E-state index in [4.69, 9.17) is 47.3 Å². The number of carbonyl (C=O) groups is 2. The van der Waals surface area contributed by atoms with Crippen LogP contribution in [0.15, 0.2) is 51.9 Å². The lowest BCUT2D eigenvalue weighted by atomic mass is 9.97. The summed E-state index contributed by atoms with van der Waals surface area (Å²) in [5.74, 6) is -0.787. The SMILES string of the molecule is CCOc1ccc([C@H]2C(C(=O)OC)=CN=c3s/c(=C\c4cc(Cl)c(OCC(=O)O)c(Cl)c4)c(=O)n32)cc1OCC. The molecular formula is C27H24Cl2N2O8S. The summed E-state index contributed by atoms with van der Waals surface area (Å²) in [5.41, 5.74) is 0.830. The van der Waals surface area contributed by atoms with Crippen molar-refractivity contribution >= 4 is 52.6 Å². The minimum Gasteiger partial charge on any atom is -0.490 e. The van der Waals surface area contributed by atoms with Gasteiger partial charge in [0, 0.05) is 6.20 Å². The molecule has 1 aliphatic heterocycles. The molecule has 40 heavy (non-hydrogen) atoms. The number of fused-ring (bicyclic) bond motifs is 1. The molecule has 10 nitrogen and oxygen atoms in total. The van der Waals surface area contributed by atoms with Gasteiger partial charge in [-0.3, -0.25) is 9.36 Å². The molecule has 3 aromatic rings. The number of rotatable bonds is 10. The molecule has 0 saturated heterocycles. The van der Waals surface area contributed by atoms with Crippen molar-refractivity contribution in [2.24, 2.45) is 4.99 Å². The third-order valence-corrected chi connectivity index (χ3v) is 7.22. The lowest BCUT2D eigenvalue weighted by Crippen LogP contribution is -2.39. The number of carbonyl (C=O) groups excluding carboxylic acids is 1. The van der Waals surface area contributed by atoms with E-state index in [1.807, 2.05) is 13.8 Å². The Labute approximate surface area is 242 Å². The van der Waals surface area contributed by atoms with Crippen LogP contribution in [0.25, 0.3) is 6.08 Å². The van der Waals surface area contributed by atoms with Crippen LogP contribution in [0.2, 0.25) is 10.0 Å². The third-order valence-electron chi connectivity index (χ3n) is 5.67. The van der Waals surface area contributed by atoms with Gasteiger partial charge in [-0.15, -0.1) is 0 Å². The molecule has 1 N–H and O–H groups in total. The molecule has 0 saturated carbocycles. The molecular weight excluding hydrogens is 583 g/mol. The number of nitrogens with zero attached hydrogens (tertiary/aromatic N) is 2. The van der Waals surface area contributed by atoms with Crippen molar-refractivity contribution in [3.63, 3.8) is 0 Å². The van der Waals surface area contributed by atoms with E-state index in [1.54, 1.807) is 24.3 Å². The van der Waals surface area contributed by atoms with Gasteiger partial charge < -0.3 is 24.1 Å². The Morgan fingerprint density at radius 1 is 1.07 bits per heavy atom. The average molecular weight is 607 g/mol. The molecule has 0 fully saturated rings. The Hall–Kier alpha value is -3.80. The van der Waals surface area contributed by atoms with Crippen molar-refractivity contribution in [1.82, 2.24) is 4.57 Å². The van der Waals surface area contributed by atoms with Crippen molar-refractivity contribution in [3.8, 4) is 17.2 Å². The van der Waals surface area contributed by atoms with E-state index >= 15 is 0 Å². The number of thiazole rings is 1. The summed E-state index contributed by atoms with van der Waals surface area (Å²) in [7, 11) is 1.26. The van der Waals surface area contributed by atoms with Gasteiger partial charge in [-0.25, -0.2) is 14.6 Å². The largest absolute Gasteiger partial charge is 0.490 e. The second-order valence-corrected chi connectivity index (χ2v) is 10.1. The standard InChI is InChI=1S/C27H24Cl2N2O8S/c1-4-37-19-7-6-15(11-20(19)38-5-2)23-16(26(35)36-3)12-30-27-31(23)25(34)21(40-27)10-14-8-17(28)24(18(29)9-14)39-13-22(32)33/h6-12,23H,4-5,13H2,1-3H3,(H,32,33)/b21-10-/t23-/m0/s1. The molecule has 2 aromatic carbocycles. The summed E-state index contributed by atoms with van der Waals surface area (Å²) in [6.07, 6.45) is 2.97. The van der Waals surface area contributed by atoms with Gasteiger partial charge in [0.25, 0.3) is 5.56 Å². The maximum absolute atomic E-state index is 13.7. The van der Waals surface area contributed by atoms with Crippen LogP contribution in [0.3, 0.4) is 0 Å². The molecule has 1 aliphatic rings. The van der Waals surface area contributed by atoms with Gasteiger partial charge in [0.15, 0.2) is 28.7 Å². The molecule has 2 heterocycles. The molecule has 4 rings (SSSR count). The first-order valence-corrected chi connectivity index (χ1v) is 13.6. The second-order valence-electron chi connectivity index (χ2n) is 8.24. The quantitative estimate of drug-likeness (QED) is 0.347. The number of aromatic nitrogens is 1. The van der Waals surface area contributed by atoms with Crippen LogP contribution in [0, 0.1) is 0 Å². The maximum atomic E-state index is 13.7. The Bertz CT molecular complexity index is 1660. The van der Waals surface area contributed by atoms with E-state index in [9.17, 15) is 14.4 Å². The van der Waals surface area contributed by atoms with Crippen molar-refractivity contribution in [1.29, 1.82) is 0 Å². The average Bonchev–Trinajstić information content (AvgIpc) is 3.23. The van der Waals surface area contributed by atoms with Crippen LogP contribution < -0.4 is 29.1 Å². The zero-order chi connectivity index (χ0) is 29.0. The molecule has 0 unspecified atom stereocenters. The number of hydrogen-bond acceptors (Lipinski definition) is 9. The fourth-order valence-electron chi connectivity index (χ4n) is 4.07. The van der Waals surface area contributed by atoms with Crippen LogP contribution >= 0.6 is 34.5 Å². The number of ether oxygens (including phenoxy) is 4. The second kappa shape index (κ2) is 12.6. The molecule has 0 radical (unpaired) electrons. The van der Waals surface area contributed by atoms with Crippen LogP contribution in [0.4, 0.5) is 0 Å². The Morgan fingerprint density at radius 3 is 2.38 bits per heavy atom. The molecule has 0 aliphatic carbocycles. The van der Waals surface area contributed by atoms with E-state index in [2.05, 4.69) is 4.99 Å². The smallest absolute Gasteiger partial charge is 0.341 e. The lowest BCUT2D eigenvalue weighted by molar-refractivity contribution is -0.139. The molecule has 210 valence electrons. The summed E-state index contributed by atoms with van der Waals surface area (Å²) >= 11 is 13.7. The number of esters is 1. The first-order valence-electron chi connectivity index (χ1n) is 12.0. The normalized spacial score (nSPS) is 14.6. The number of benzene rings is 2. The molecule has 13 heteroatoms. The highest BCUT2D eigenvalue weighted by atomic mass is 35.5. The Kier molecular flexibility index (Phi) is 9.18. The number of hydrogen-bond donors (Lipinski definition) is 1. The fraction of sp³-hybridized carbons (Fsp3) is 0.259. The summed E-state index contributed by atoms with van der Waals surface area (Å²) < 4.78 is 23.3. The molecule has 1 atom stereocenters. The number of methoxy groups -OCH3 is 1. The highest BCUT2D eigenvalue weighted by Crippen LogP contribution is 2.36. The number of carboxylic acid groups (broad SMARTS) is 1. The monoisotopic (exact) mass is 606 g/mol. The van der Waals surface area contributed by atoms with Crippen molar-refractivity contribution < 1.29 is 33.6 Å². The Balaban J connectivity index is 1.84. The number of aliphatic carboxylic acids is 1. The maximum Gasteiger partial charge on any atom is 0.341 e. The zero-order valence-electron chi connectivity index (χ0n) is 21.6. The molecule has 1 aromatic heterocycles. The minimum atomic E-state index is -1.18. The molecule has 0 spiro atoms. The van der Waals surface area contributed by atoms with E-state index in [1.165, 1.54) is 30.0 Å². The highest BCUT2D eigenvalue weighted by molar-refractivity contribution is 7.07. The van der Waals surface area contributed by atoms with Crippen LogP contribution in [0.5, 0.6) is 17.2 Å². The number of halogens is 2. The van der Waals surface area contributed by atoms with Crippen LogP contribution in [-0.2, 0) is 14.3 Å². The van der Waals surface area contributed by atoms with Gasteiger partial charge in [-0.2, -0.15) is 0 Å². The number of carboxylic acids is 1.